The summed E-state index contributed by atoms with van der Waals surface area (Å²) in [4.78, 5) is 2.94. The summed E-state index contributed by atoms with van der Waals surface area (Å²) in [5.41, 5.74) is 2.07. The molecule has 0 saturated heterocycles. The van der Waals surface area contributed by atoms with E-state index in [2.05, 4.69) is 4.98 Å². The maximum Gasteiger partial charge on any atom is 0.147 e. The van der Waals surface area contributed by atoms with Gasteiger partial charge in [0.25, 0.3) is 0 Å². The van der Waals surface area contributed by atoms with Crippen molar-refractivity contribution in [2.24, 2.45) is 0 Å². The van der Waals surface area contributed by atoms with Crippen molar-refractivity contribution in [2.45, 2.75) is 20.0 Å². The van der Waals surface area contributed by atoms with Gasteiger partial charge in [-0.25, -0.2) is 4.39 Å². The van der Waals surface area contributed by atoms with Crippen molar-refractivity contribution in [2.75, 3.05) is 0 Å². The lowest BCUT2D eigenvalue weighted by molar-refractivity contribution is 0.200. The monoisotopic (exact) mass is 193 g/mol. The van der Waals surface area contributed by atoms with Crippen LogP contribution in [0, 0.1) is 12.7 Å². The fourth-order valence-corrected chi connectivity index (χ4v) is 1.87. The van der Waals surface area contributed by atoms with E-state index in [4.69, 9.17) is 0 Å². The summed E-state index contributed by atoms with van der Waals surface area (Å²) in [6.45, 7) is 3.52. The zero-order valence-electron chi connectivity index (χ0n) is 8.13. The first kappa shape index (κ1) is 9.21. The summed E-state index contributed by atoms with van der Waals surface area (Å²) in [6.07, 6.45) is -0.578. The number of H-pyrrole nitrogens is 1. The fraction of sp³-hybridized carbons (Fsp3) is 0.273. The van der Waals surface area contributed by atoms with Crippen molar-refractivity contribution >= 4 is 10.9 Å². The quantitative estimate of drug-likeness (QED) is 0.717. The normalized spacial score (nSPS) is 13.4. The molecule has 0 amide bonds. The van der Waals surface area contributed by atoms with Crippen LogP contribution in [0.1, 0.15) is 24.3 Å². The smallest absolute Gasteiger partial charge is 0.147 e. The van der Waals surface area contributed by atoms with E-state index in [0.29, 0.717) is 5.52 Å². The Morgan fingerprint density at radius 1 is 1.43 bits per heavy atom. The van der Waals surface area contributed by atoms with Gasteiger partial charge in [-0.05, 0) is 19.9 Å². The molecule has 0 radical (unpaired) electrons. The summed E-state index contributed by atoms with van der Waals surface area (Å²) in [7, 11) is 0. The summed E-state index contributed by atoms with van der Waals surface area (Å²) < 4.78 is 13.3. The van der Waals surface area contributed by atoms with Crippen LogP contribution in [-0.4, -0.2) is 10.1 Å². The third-order valence-electron chi connectivity index (χ3n) is 2.44. The summed E-state index contributed by atoms with van der Waals surface area (Å²) in [6, 6.07) is 4.87. The van der Waals surface area contributed by atoms with Gasteiger partial charge >= 0.3 is 0 Å². The van der Waals surface area contributed by atoms with Crippen molar-refractivity contribution in [3.63, 3.8) is 0 Å². The summed E-state index contributed by atoms with van der Waals surface area (Å²) in [5.74, 6) is -0.280. The molecule has 0 aliphatic carbocycles. The third kappa shape index (κ3) is 1.21. The van der Waals surface area contributed by atoms with Crippen LogP contribution < -0.4 is 0 Å². The molecule has 2 aromatic rings. The Bertz CT molecular complexity index is 473. The third-order valence-corrected chi connectivity index (χ3v) is 2.44. The molecule has 3 heteroatoms. The molecule has 2 rings (SSSR count). The van der Waals surface area contributed by atoms with E-state index >= 15 is 0 Å². The molecule has 2 nitrogen and oxygen atoms in total. The highest BCUT2D eigenvalue weighted by atomic mass is 19.1. The molecule has 1 aromatic carbocycles. The number of aliphatic hydroxyl groups is 1. The SMILES string of the molecule is Cc1[nH]c2c(F)cccc2c1C(C)O. The maximum absolute atomic E-state index is 13.3. The Kier molecular flexibility index (Phi) is 2.04. The molecule has 0 aliphatic rings. The second kappa shape index (κ2) is 3.10. The largest absolute Gasteiger partial charge is 0.389 e. The van der Waals surface area contributed by atoms with Gasteiger partial charge in [-0.3, -0.25) is 0 Å². The maximum atomic E-state index is 13.3. The molecule has 1 aromatic heterocycles. The van der Waals surface area contributed by atoms with Gasteiger partial charge in [0.2, 0.25) is 0 Å². The number of rotatable bonds is 1. The van der Waals surface area contributed by atoms with E-state index in [-0.39, 0.29) is 5.82 Å². The second-order valence-electron chi connectivity index (χ2n) is 3.50. The average molecular weight is 193 g/mol. The number of fused-ring (bicyclic) bond motifs is 1. The number of hydrogen-bond acceptors (Lipinski definition) is 1. The molecule has 0 spiro atoms. The van der Waals surface area contributed by atoms with Gasteiger partial charge in [-0.1, -0.05) is 12.1 Å². The number of aliphatic hydroxyl groups excluding tert-OH is 1. The molecule has 2 N–H and O–H groups in total. The molecule has 0 fully saturated rings. The molecule has 0 saturated carbocycles. The molecule has 1 unspecified atom stereocenters. The van der Waals surface area contributed by atoms with Crippen LogP contribution in [-0.2, 0) is 0 Å². The van der Waals surface area contributed by atoms with E-state index in [1.54, 1.807) is 13.0 Å². The van der Waals surface area contributed by atoms with E-state index < -0.39 is 6.10 Å². The molecule has 1 atom stereocenters. The van der Waals surface area contributed by atoms with Crippen molar-refractivity contribution < 1.29 is 9.50 Å². The molecule has 14 heavy (non-hydrogen) atoms. The van der Waals surface area contributed by atoms with Gasteiger partial charge in [-0.15, -0.1) is 0 Å². The first-order valence-electron chi connectivity index (χ1n) is 4.56. The Morgan fingerprint density at radius 3 is 2.79 bits per heavy atom. The number of benzene rings is 1. The van der Waals surface area contributed by atoms with Crippen molar-refractivity contribution in [1.29, 1.82) is 0 Å². The minimum atomic E-state index is -0.578. The van der Waals surface area contributed by atoms with Gasteiger partial charge in [-0.2, -0.15) is 0 Å². The van der Waals surface area contributed by atoms with Gasteiger partial charge in [0.15, 0.2) is 0 Å². The number of nitrogens with one attached hydrogen (secondary N) is 1. The minimum Gasteiger partial charge on any atom is -0.389 e. The van der Waals surface area contributed by atoms with Crippen LogP contribution in [0.4, 0.5) is 4.39 Å². The predicted octanol–water partition coefficient (Wildman–Crippen LogP) is 2.67. The van der Waals surface area contributed by atoms with E-state index in [1.165, 1.54) is 6.07 Å². The highest BCUT2D eigenvalue weighted by Crippen LogP contribution is 2.28. The number of hydrogen-bond donors (Lipinski definition) is 2. The van der Waals surface area contributed by atoms with Crippen LogP contribution in [0.25, 0.3) is 10.9 Å². The van der Waals surface area contributed by atoms with Gasteiger partial charge in [0.1, 0.15) is 5.82 Å². The van der Waals surface area contributed by atoms with Crippen molar-refractivity contribution in [3.05, 3.63) is 35.3 Å². The van der Waals surface area contributed by atoms with Gasteiger partial charge in [0, 0.05) is 16.6 Å². The van der Waals surface area contributed by atoms with Crippen LogP contribution in [0.15, 0.2) is 18.2 Å². The second-order valence-corrected chi connectivity index (χ2v) is 3.50. The minimum absolute atomic E-state index is 0.280. The van der Waals surface area contributed by atoms with E-state index in [9.17, 15) is 9.50 Å². The van der Waals surface area contributed by atoms with Gasteiger partial charge < -0.3 is 10.1 Å². The Hall–Kier alpha value is -1.35. The molecular formula is C11H12FNO. The lowest BCUT2D eigenvalue weighted by Crippen LogP contribution is -1.91. The lowest BCUT2D eigenvalue weighted by atomic mass is 10.1. The lowest BCUT2D eigenvalue weighted by Gasteiger charge is -2.03. The predicted molar refractivity (Wildman–Crippen MR) is 53.6 cm³/mol. The Morgan fingerprint density at radius 2 is 2.14 bits per heavy atom. The van der Waals surface area contributed by atoms with Crippen LogP contribution in [0.2, 0.25) is 0 Å². The highest BCUT2D eigenvalue weighted by molar-refractivity contribution is 5.85. The Labute approximate surface area is 81.4 Å². The van der Waals surface area contributed by atoms with E-state index in [0.717, 1.165) is 16.6 Å². The number of aryl methyl sites for hydroxylation is 1. The zero-order chi connectivity index (χ0) is 10.3. The van der Waals surface area contributed by atoms with Crippen molar-refractivity contribution in [3.8, 4) is 0 Å². The molecule has 0 bridgehead atoms. The first-order valence-corrected chi connectivity index (χ1v) is 4.56. The molecule has 74 valence electrons. The number of halogens is 1. The average Bonchev–Trinajstić information content (AvgIpc) is 2.42. The number of para-hydroxylation sites is 1. The molecule has 1 heterocycles. The fourth-order valence-electron chi connectivity index (χ4n) is 1.87. The molecular weight excluding hydrogens is 181 g/mol. The zero-order valence-corrected chi connectivity index (χ0v) is 8.13. The standard InChI is InChI=1S/C11H12FNO/c1-6-10(7(2)14)8-4-3-5-9(12)11(8)13-6/h3-5,7,13-14H,1-2H3. The summed E-state index contributed by atoms with van der Waals surface area (Å²) in [5, 5.41) is 10.3. The van der Waals surface area contributed by atoms with Crippen LogP contribution in [0.5, 0.6) is 0 Å². The molecule has 0 aliphatic heterocycles. The number of aromatic nitrogens is 1. The van der Waals surface area contributed by atoms with Crippen molar-refractivity contribution in [1.82, 2.24) is 4.98 Å². The van der Waals surface area contributed by atoms with Crippen LogP contribution in [0.3, 0.4) is 0 Å². The topological polar surface area (TPSA) is 36.0 Å². The number of aromatic amines is 1. The Balaban J connectivity index is 2.83. The highest BCUT2D eigenvalue weighted by Gasteiger charge is 2.14. The van der Waals surface area contributed by atoms with Crippen LogP contribution >= 0.6 is 0 Å². The summed E-state index contributed by atoms with van der Waals surface area (Å²) >= 11 is 0. The van der Waals surface area contributed by atoms with E-state index in [1.807, 2.05) is 13.0 Å². The van der Waals surface area contributed by atoms with Gasteiger partial charge in [0.05, 0.1) is 11.6 Å². The first-order chi connectivity index (χ1) is 6.61.